The van der Waals surface area contributed by atoms with Crippen LogP contribution in [-0.4, -0.2) is 71.9 Å². The van der Waals surface area contributed by atoms with Crippen molar-refractivity contribution >= 4 is 75.3 Å². The van der Waals surface area contributed by atoms with Gasteiger partial charge in [-0.2, -0.15) is 0 Å². The molecule has 4 rings (SSSR count). The Hall–Kier alpha value is -3.89. The predicted octanol–water partition coefficient (Wildman–Crippen LogP) is 0.0959. The van der Waals surface area contributed by atoms with Crippen molar-refractivity contribution in [3.63, 3.8) is 0 Å². The first kappa shape index (κ1) is 24.2. The number of carboxylic acid groups (broad SMARTS) is 1. The molecule has 2 atom stereocenters. The average molecular weight is 540 g/mol. The number of aromatic nitrogens is 2. The summed E-state index contributed by atoms with van der Waals surface area (Å²) in [4.78, 5) is 53.4. The Morgan fingerprint density at radius 1 is 1.37 bits per heavy atom. The maximum absolute atomic E-state index is 12.8. The fourth-order valence-electron chi connectivity index (χ4n) is 3.31. The lowest BCUT2D eigenvalue weighted by Gasteiger charge is -2.49. The van der Waals surface area contributed by atoms with Crippen LogP contribution in [0.25, 0.3) is 6.08 Å². The number of carbonyl (C=O) groups is 4. The standard InChI is InChI=1S/C18H14ClN7O7S2/c19-12-8(23-18(21)35-12)9(24-32)14(28)22-10-15(29)26-11(17(30)31)5(4-34-16(10)26)1-2-6-3-7(13(20)27)25-33-6/h1-3,10,16,32H,4H2,(H2,20,27)(H2,21,23)(H,22,28)(H,30,31)/b2-1+,24-9-/t10-,16-/m1/s1. The van der Waals surface area contributed by atoms with Crippen molar-refractivity contribution in [1.29, 1.82) is 0 Å². The van der Waals surface area contributed by atoms with Gasteiger partial charge in [0, 0.05) is 11.8 Å². The molecule has 4 heterocycles. The zero-order chi connectivity index (χ0) is 25.4. The number of nitrogens with two attached hydrogens (primary N) is 2. The van der Waals surface area contributed by atoms with Gasteiger partial charge < -0.3 is 31.6 Å². The molecule has 2 aromatic rings. The van der Waals surface area contributed by atoms with E-state index < -0.39 is 40.8 Å². The molecule has 2 aliphatic rings. The van der Waals surface area contributed by atoms with Gasteiger partial charge in [0.2, 0.25) is 0 Å². The molecule has 14 nitrogen and oxygen atoms in total. The molecule has 1 saturated heterocycles. The topological polar surface area (TPSA) is 227 Å². The lowest BCUT2D eigenvalue weighted by molar-refractivity contribution is -0.150. The number of β-lactam (4-membered cyclic amide) rings is 1. The molecule has 0 saturated carbocycles. The van der Waals surface area contributed by atoms with Crippen LogP contribution in [0.15, 0.2) is 33.1 Å². The molecule has 0 aliphatic carbocycles. The second kappa shape index (κ2) is 9.40. The Balaban J connectivity index is 1.53. The second-order valence-electron chi connectivity index (χ2n) is 6.98. The van der Waals surface area contributed by atoms with Gasteiger partial charge in [0.05, 0.1) is 0 Å². The molecule has 2 aromatic heterocycles. The summed E-state index contributed by atoms with van der Waals surface area (Å²) in [5, 5.41) is 27.1. The van der Waals surface area contributed by atoms with E-state index in [1.54, 1.807) is 0 Å². The van der Waals surface area contributed by atoms with Crippen LogP contribution in [0.2, 0.25) is 4.34 Å². The molecule has 0 unspecified atom stereocenters. The number of aliphatic carboxylic acids is 1. The first-order valence-electron chi connectivity index (χ1n) is 9.43. The normalized spacial score (nSPS) is 20.1. The van der Waals surface area contributed by atoms with E-state index >= 15 is 0 Å². The van der Waals surface area contributed by atoms with E-state index in [0.717, 1.165) is 16.2 Å². The lowest BCUT2D eigenvalue weighted by atomic mass is 10.0. The number of rotatable bonds is 7. The van der Waals surface area contributed by atoms with E-state index in [2.05, 4.69) is 20.6 Å². The Morgan fingerprint density at radius 3 is 2.69 bits per heavy atom. The summed E-state index contributed by atoms with van der Waals surface area (Å²) in [6.07, 6.45) is 2.80. The number of carbonyl (C=O) groups excluding carboxylic acids is 3. The Labute approximate surface area is 208 Å². The molecular weight excluding hydrogens is 526 g/mol. The van der Waals surface area contributed by atoms with Gasteiger partial charge in [-0.15, -0.1) is 11.8 Å². The van der Waals surface area contributed by atoms with Crippen LogP contribution in [0, 0.1) is 0 Å². The van der Waals surface area contributed by atoms with Gasteiger partial charge in [0.25, 0.3) is 17.7 Å². The van der Waals surface area contributed by atoms with Gasteiger partial charge in [-0.25, -0.2) is 9.78 Å². The zero-order valence-electron chi connectivity index (χ0n) is 17.2. The number of halogens is 1. The van der Waals surface area contributed by atoms with E-state index in [4.69, 9.17) is 27.6 Å². The molecule has 182 valence electrons. The van der Waals surface area contributed by atoms with Crippen molar-refractivity contribution in [2.45, 2.75) is 11.4 Å². The number of amides is 3. The highest BCUT2D eigenvalue weighted by Gasteiger charge is 2.54. The van der Waals surface area contributed by atoms with Gasteiger partial charge in [0.15, 0.2) is 22.3 Å². The number of thioether (sulfide) groups is 1. The number of allylic oxidation sites excluding steroid dienone is 1. The molecule has 35 heavy (non-hydrogen) atoms. The fourth-order valence-corrected chi connectivity index (χ4v) is 5.56. The Kier molecular flexibility index (Phi) is 6.51. The van der Waals surface area contributed by atoms with Crippen molar-refractivity contribution in [3.05, 3.63) is 44.9 Å². The van der Waals surface area contributed by atoms with Crippen molar-refractivity contribution in [2.75, 3.05) is 11.5 Å². The number of fused-ring (bicyclic) bond motifs is 1. The number of primary amides is 1. The SMILES string of the molecule is NC(=O)c1cc(/C=C/C2=C(C(=O)O)N3C(=O)[C@@H](NC(=O)/C(=N\O)c4nc(N)sc4Cl)[C@H]3SC2)on1. The highest BCUT2D eigenvalue weighted by atomic mass is 35.5. The summed E-state index contributed by atoms with van der Waals surface area (Å²) in [6.45, 7) is 0. The molecular formula is C18H14ClN7O7S2. The molecule has 0 aromatic carbocycles. The van der Waals surface area contributed by atoms with Crippen molar-refractivity contribution in [1.82, 2.24) is 20.4 Å². The Morgan fingerprint density at radius 2 is 2.11 bits per heavy atom. The number of carboxylic acids is 1. The zero-order valence-corrected chi connectivity index (χ0v) is 19.6. The van der Waals surface area contributed by atoms with E-state index in [1.165, 1.54) is 30.0 Å². The number of hydrogen-bond acceptors (Lipinski definition) is 12. The van der Waals surface area contributed by atoms with Crippen LogP contribution in [0.3, 0.4) is 0 Å². The highest BCUT2D eigenvalue weighted by Crippen LogP contribution is 2.41. The van der Waals surface area contributed by atoms with E-state index in [1.807, 2.05) is 0 Å². The molecule has 0 spiro atoms. The summed E-state index contributed by atoms with van der Waals surface area (Å²) in [5.41, 5.74) is 9.88. The molecule has 0 radical (unpaired) electrons. The largest absolute Gasteiger partial charge is 0.477 e. The highest BCUT2D eigenvalue weighted by molar-refractivity contribution is 8.00. The second-order valence-corrected chi connectivity index (χ2v) is 9.71. The van der Waals surface area contributed by atoms with Crippen LogP contribution in [-0.2, 0) is 14.4 Å². The first-order valence-corrected chi connectivity index (χ1v) is 11.7. The number of oxime groups is 1. The fraction of sp³-hybridized carbons (Fsp3) is 0.167. The van der Waals surface area contributed by atoms with Crippen molar-refractivity contribution in [3.8, 4) is 0 Å². The Bertz CT molecular complexity index is 1350. The van der Waals surface area contributed by atoms with Gasteiger partial charge in [0.1, 0.15) is 27.1 Å². The number of nitrogens with one attached hydrogen (secondary N) is 1. The number of hydrogen-bond donors (Lipinski definition) is 5. The summed E-state index contributed by atoms with van der Waals surface area (Å²) in [5.74, 6) is -3.45. The average Bonchev–Trinajstić information content (AvgIpc) is 3.42. The smallest absolute Gasteiger partial charge is 0.352 e. The van der Waals surface area contributed by atoms with Crippen LogP contribution in [0.5, 0.6) is 0 Å². The summed E-state index contributed by atoms with van der Waals surface area (Å²) < 4.78 is 4.96. The maximum atomic E-state index is 12.8. The first-order chi connectivity index (χ1) is 16.6. The van der Waals surface area contributed by atoms with Gasteiger partial charge in [-0.1, -0.05) is 39.3 Å². The maximum Gasteiger partial charge on any atom is 0.352 e. The van der Waals surface area contributed by atoms with Crippen LogP contribution >= 0.6 is 34.7 Å². The number of anilines is 1. The third-order valence-electron chi connectivity index (χ3n) is 4.86. The summed E-state index contributed by atoms with van der Waals surface area (Å²) in [7, 11) is 0. The summed E-state index contributed by atoms with van der Waals surface area (Å²) in [6, 6.07) is 0.188. The minimum atomic E-state index is -1.36. The van der Waals surface area contributed by atoms with Gasteiger partial charge >= 0.3 is 5.97 Å². The van der Waals surface area contributed by atoms with Gasteiger partial charge in [-0.05, 0) is 11.6 Å². The minimum Gasteiger partial charge on any atom is -0.477 e. The quantitative estimate of drug-likeness (QED) is 0.137. The van der Waals surface area contributed by atoms with Crippen LogP contribution in [0.1, 0.15) is 21.9 Å². The van der Waals surface area contributed by atoms with Crippen LogP contribution < -0.4 is 16.8 Å². The third kappa shape index (κ3) is 4.45. The molecule has 7 N–H and O–H groups in total. The van der Waals surface area contributed by atoms with E-state index in [-0.39, 0.29) is 43.6 Å². The molecule has 2 aliphatic heterocycles. The minimum absolute atomic E-state index is 0.0151. The monoisotopic (exact) mass is 539 g/mol. The molecule has 0 bridgehead atoms. The van der Waals surface area contributed by atoms with Crippen molar-refractivity contribution < 1.29 is 34.0 Å². The molecule has 1 fully saturated rings. The lowest BCUT2D eigenvalue weighted by Crippen LogP contribution is -2.71. The molecule has 3 amide bonds. The summed E-state index contributed by atoms with van der Waals surface area (Å²) >= 11 is 8.03. The third-order valence-corrected chi connectivity index (χ3v) is 7.24. The van der Waals surface area contributed by atoms with E-state index in [0.29, 0.717) is 0 Å². The predicted molar refractivity (Wildman–Crippen MR) is 124 cm³/mol. The molecule has 17 heteroatoms. The van der Waals surface area contributed by atoms with E-state index in [9.17, 15) is 29.5 Å². The number of nitrogen functional groups attached to an aromatic ring is 1. The number of nitrogens with zero attached hydrogens (tertiary/aromatic N) is 4. The number of thiazole rings is 1. The van der Waals surface area contributed by atoms with Gasteiger partial charge in [-0.3, -0.25) is 19.3 Å². The van der Waals surface area contributed by atoms with Crippen LogP contribution in [0.4, 0.5) is 5.13 Å². The van der Waals surface area contributed by atoms with Crippen molar-refractivity contribution in [2.24, 2.45) is 10.9 Å².